The molecule has 1 aliphatic rings. The third-order valence-electron chi connectivity index (χ3n) is 5.06. The van der Waals surface area contributed by atoms with Crippen LogP contribution in [0, 0.1) is 0 Å². The lowest BCUT2D eigenvalue weighted by Crippen LogP contribution is -2.29. The van der Waals surface area contributed by atoms with Crippen molar-refractivity contribution in [3.05, 3.63) is 112 Å². The van der Waals surface area contributed by atoms with E-state index in [1.807, 2.05) is 42.5 Å². The van der Waals surface area contributed by atoms with Crippen LogP contribution in [0.15, 0.2) is 88.3 Å². The van der Waals surface area contributed by atoms with E-state index in [0.717, 1.165) is 11.1 Å². The number of aromatic nitrogens is 1. The molecule has 5 heteroatoms. The highest BCUT2D eigenvalue weighted by atomic mass is 16.3. The maximum absolute atomic E-state index is 13.3. The summed E-state index contributed by atoms with van der Waals surface area (Å²) in [5.74, 6) is -0.156. The molecule has 0 spiro atoms. The van der Waals surface area contributed by atoms with Crippen molar-refractivity contribution in [3.8, 4) is 0 Å². The van der Waals surface area contributed by atoms with Gasteiger partial charge in [-0.1, -0.05) is 48.5 Å². The second-order valence-corrected chi connectivity index (χ2v) is 6.78. The smallest absolute Gasteiger partial charge is 0.291 e. The monoisotopic (exact) mass is 368 g/mol. The molecule has 136 valence electrons. The third kappa shape index (κ3) is 2.52. The number of hydrogen-bond donors (Lipinski definition) is 0. The number of carbonyl (C=O) groups excluding carboxylic acids is 1. The van der Waals surface area contributed by atoms with Gasteiger partial charge in [0.1, 0.15) is 5.58 Å². The molecule has 0 saturated carbocycles. The highest BCUT2D eigenvalue weighted by Gasteiger charge is 2.42. The minimum atomic E-state index is -0.496. The Balaban J connectivity index is 1.74. The first-order valence-electron chi connectivity index (χ1n) is 9.04. The maximum atomic E-state index is 13.3. The number of carbonyl (C=O) groups is 1. The summed E-state index contributed by atoms with van der Waals surface area (Å²) in [6, 6.07) is 19.9. The van der Waals surface area contributed by atoms with Crippen molar-refractivity contribution in [2.24, 2.45) is 0 Å². The summed E-state index contributed by atoms with van der Waals surface area (Å²) in [7, 11) is 0. The molecule has 1 amide bonds. The SMILES string of the molecule is O=C1c2oc3ccccc3c(=O)c2[C@H](c2ccccc2)N1Cc1cccnc1. The number of hydrogen-bond acceptors (Lipinski definition) is 4. The van der Waals surface area contributed by atoms with Gasteiger partial charge in [0.2, 0.25) is 5.76 Å². The van der Waals surface area contributed by atoms with Crippen molar-refractivity contribution >= 4 is 16.9 Å². The van der Waals surface area contributed by atoms with E-state index in [2.05, 4.69) is 4.98 Å². The Kier molecular flexibility index (Phi) is 3.79. The van der Waals surface area contributed by atoms with Crippen LogP contribution in [0.5, 0.6) is 0 Å². The molecular weight excluding hydrogens is 352 g/mol. The Hall–Kier alpha value is -3.73. The number of nitrogens with zero attached hydrogens (tertiary/aromatic N) is 2. The summed E-state index contributed by atoms with van der Waals surface area (Å²) in [6.45, 7) is 0.340. The van der Waals surface area contributed by atoms with Crippen LogP contribution >= 0.6 is 0 Å². The van der Waals surface area contributed by atoms with Gasteiger partial charge in [0.05, 0.1) is 17.0 Å². The van der Waals surface area contributed by atoms with Gasteiger partial charge in [0.15, 0.2) is 5.43 Å². The Morgan fingerprint density at radius 1 is 0.929 bits per heavy atom. The van der Waals surface area contributed by atoms with Crippen LogP contribution in [0.25, 0.3) is 11.0 Å². The van der Waals surface area contributed by atoms with E-state index in [1.165, 1.54) is 0 Å². The Bertz CT molecular complexity index is 1230. The zero-order valence-corrected chi connectivity index (χ0v) is 14.9. The van der Waals surface area contributed by atoms with E-state index >= 15 is 0 Å². The van der Waals surface area contributed by atoms with Gasteiger partial charge in [0, 0.05) is 18.9 Å². The van der Waals surface area contributed by atoms with E-state index in [-0.39, 0.29) is 17.1 Å². The zero-order chi connectivity index (χ0) is 19.1. The lowest BCUT2D eigenvalue weighted by molar-refractivity contribution is 0.0714. The van der Waals surface area contributed by atoms with Crippen LogP contribution in [0.2, 0.25) is 0 Å². The Morgan fingerprint density at radius 3 is 2.50 bits per heavy atom. The van der Waals surface area contributed by atoms with Gasteiger partial charge in [-0.2, -0.15) is 0 Å². The van der Waals surface area contributed by atoms with Crippen LogP contribution in [0.3, 0.4) is 0 Å². The lowest BCUT2D eigenvalue weighted by Gasteiger charge is -2.25. The summed E-state index contributed by atoms with van der Waals surface area (Å²) >= 11 is 0. The number of benzene rings is 2. The second-order valence-electron chi connectivity index (χ2n) is 6.78. The predicted octanol–water partition coefficient (Wildman–Crippen LogP) is 3.93. The van der Waals surface area contributed by atoms with Gasteiger partial charge in [-0.15, -0.1) is 0 Å². The quantitative estimate of drug-likeness (QED) is 0.550. The number of rotatable bonds is 3. The van der Waals surface area contributed by atoms with Gasteiger partial charge in [-0.05, 0) is 29.3 Å². The minimum absolute atomic E-state index is 0.126. The first-order chi connectivity index (χ1) is 13.7. The molecule has 5 rings (SSSR count). The van der Waals surface area contributed by atoms with E-state index in [4.69, 9.17) is 4.42 Å². The van der Waals surface area contributed by atoms with Crippen molar-refractivity contribution in [2.45, 2.75) is 12.6 Å². The molecule has 0 bridgehead atoms. The number of para-hydroxylation sites is 1. The van der Waals surface area contributed by atoms with Crippen molar-refractivity contribution in [2.75, 3.05) is 0 Å². The van der Waals surface area contributed by atoms with E-state index < -0.39 is 6.04 Å². The molecule has 4 aromatic rings. The molecule has 0 radical (unpaired) electrons. The molecular formula is C23H16N2O3. The predicted molar refractivity (Wildman–Crippen MR) is 105 cm³/mol. The molecule has 5 nitrogen and oxygen atoms in total. The Labute approximate surface area is 160 Å². The van der Waals surface area contributed by atoms with Gasteiger partial charge in [0.25, 0.3) is 5.91 Å². The first kappa shape index (κ1) is 16.4. The van der Waals surface area contributed by atoms with Gasteiger partial charge >= 0.3 is 0 Å². The summed E-state index contributed by atoms with van der Waals surface area (Å²) < 4.78 is 5.91. The summed E-state index contributed by atoms with van der Waals surface area (Å²) in [5, 5.41) is 0.484. The molecule has 1 aliphatic heterocycles. The van der Waals surface area contributed by atoms with Crippen molar-refractivity contribution < 1.29 is 9.21 Å². The average molecular weight is 368 g/mol. The van der Waals surface area contributed by atoms with Crippen molar-refractivity contribution in [3.63, 3.8) is 0 Å². The minimum Gasteiger partial charge on any atom is -0.450 e. The molecule has 1 atom stereocenters. The number of fused-ring (bicyclic) bond motifs is 2. The van der Waals surface area contributed by atoms with E-state index in [1.54, 1.807) is 41.6 Å². The number of amides is 1. The Morgan fingerprint density at radius 2 is 1.71 bits per heavy atom. The molecule has 2 aromatic carbocycles. The van der Waals surface area contributed by atoms with Gasteiger partial charge in [-0.25, -0.2) is 0 Å². The molecule has 0 fully saturated rings. The molecule has 0 unspecified atom stereocenters. The highest BCUT2D eigenvalue weighted by molar-refractivity contribution is 5.99. The van der Waals surface area contributed by atoms with Crippen LogP contribution < -0.4 is 5.43 Å². The standard InChI is InChI=1S/C23H16N2O3/c26-21-17-10-4-5-11-18(17)28-22-19(21)20(16-8-2-1-3-9-16)25(23(22)27)14-15-7-6-12-24-13-15/h1-13,20H,14H2/t20-/m0/s1. The molecule has 3 heterocycles. The molecule has 0 saturated heterocycles. The van der Waals surface area contributed by atoms with E-state index in [0.29, 0.717) is 23.1 Å². The van der Waals surface area contributed by atoms with Crippen molar-refractivity contribution in [1.82, 2.24) is 9.88 Å². The van der Waals surface area contributed by atoms with Crippen molar-refractivity contribution in [1.29, 1.82) is 0 Å². The fourth-order valence-corrected chi connectivity index (χ4v) is 3.80. The lowest BCUT2D eigenvalue weighted by atomic mass is 9.98. The van der Waals surface area contributed by atoms with Crippen LogP contribution in [-0.2, 0) is 6.54 Å². The molecule has 28 heavy (non-hydrogen) atoms. The van der Waals surface area contributed by atoms with Gasteiger partial charge < -0.3 is 9.32 Å². The van der Waals surface area contributed by atoms with Gasteiger partial charge in [-0.3, -0.25) is 14.6 Å². The molecule has 0 N–H and O–H groups in total. The fraction of sp³-hybridized carbons (Fsp3) is 0.0870. The summed E-state index contributed by atoms with van der Waals surface area (Å²) in [5.41, 5.74) is 2.43. The average Bonchev–Trinajstić information content (AvgIpc) is 3.02. The fourth-order valence-electron chi connectivity index (χ4n) is 3.80. The van der Waals surface area contributed by atoms with Crippen LogP contribution in [-0.4, -0.2) is 15.8 Å². The van der Waals surface area contributed by atoms with Crippen LogP contribution in [0.1, 0.15) is 33.3 Å². The second kappa shape index (κ2) is 6.46. The molecule has 2 aromatic heterocycles. The summed E-state index contributed by atoms with van der Waals surface area (Å²) in [6.07, 6.45) is 3.42. The third-order valence-corrected chi connectivity index (χ3v) is 5.06. The maximum Gasteiger partial charge on any atom is 0.291 e. The molecule has 0 aliphatic carbocycles. The zero-order valence-electron chi connectivity index (χ0n) is 14.9. The number of pyridine rings is 1. The van der Waals surface area contributed by atoms with Crippen LogP contribution in [0.4, 0.5) is 0 Å². The first-order valence-corrected chi connectivity index (χ1v) is 9.04. The topological polar surface area (TPSA) is 63.4 Å². The van der Waals surface area contributed by atoms with E-state index in [9.17, 15) is 9.59 Å². The normalized spacial score (nSPS) is 15.8. The largest absolute Gasteiger partial charge is 0.450 e. The highest BCUT2D eigenvalue weighted by Crippen LogP contribution is 2.38. The summed E-state index contributed by atoms with van der Waals surface area (Å²) in [4.78, 5) is 32.4.